The summed E-state index contributed by atoms with van der Waals surface area (Å²) >= 11 is 0. The normalized spacial score (nSPS) is 10.6. The Labute approximate surface area is 76.2 Å². The molecule has 2 aromatic rings. The zero-order valence-corrected chi connectivity index (χ0v) is 7.42. The SMILES string of the molecule is Cc1ccnc2c(CF)cccc12. The van der Waals surface area contributed by atoms with E-state index in [1.165, 1.54) is 0 Å². The number of hydrogen-bond donors (Lipinski definition) is 0. The van der Waals surface area contributed by atoms with Crippen LogP contribution in [0.4, 0.5) is 4.39 Å². The van der Waals surface area contributed by atoms with E-state index in [-0.39, 0.29) is 0 Å². The van der Waals surface area contributed by atoms with E-state index in [1.54, 1.807) is 12.3 Å². The molecule has 0 fully saturated rings. The Morgan fingerprint density at radius 3 is 2.92 bits per heavy atom. The number of para-hydroxylation sites is 1. The average Bonchev–Trinajstić information content (AvgIpc) is 2.18. The highest BCUT2D eigenvalue weighted by Gasteiger charge is 2.02. The first kappa shape index (κ1) is 8.17. The molecule has 0 atom stereocenters. The Balaban J connectivity index is 2.84. The van der Waals surface area contributed by atoms with Crippen LogP contribution < -0.4 is 0 Å². The highest BCUT2D eigenvalue weighted by atomic mass is 19.1. The Hall–Kier alpha value is -1.44. The molecule has 1 aromatic carbocycles. The number of aryl methyl sites for hydroxylation is 1. The van der Waals surface area contributed by atoms with E-state index in [1.807, 2.05) is 25.1 Å². The number of benzene rings is 1. The van der Waals surface area contributed by atoms with E-state index >= 15 is 0 Å². The molecular weight excluding hydrogens is 165 g/mol. The fraction of sp³-hybridized carbons (Fsp3) is 0.182. The Kier molecular flexibility index (Phi) is 1.97. The molecule has 13 heavy (non-hydrogen) atoms. The van der Waals surface area contributed by atoms with Crippen molar-refractivity contribution in [1.82, 2.24) is 4.98 Å². The van der Waals surface area contributed by atoms with Gasteiger partial charge in [-0.05, 0) is 18.6 Å². The quantitative estimate of drug-likeness (QED) is 0.649. The summed E-state index contributed by atoms with van der Waals surface area (Å²) in [5.74, 6) is 0. The molecule has 0 amide bonds. The lowest BCUT2D eigenvalue weighted by Crippen LogP contribution is -1.87. The number of halogens is 1. The van der Waals surface area contributed by atoms with E-state index in [9.17, 15) is 4.39 Å². The molecule has 0 saturated carbocycles. The predicted molar refractivity (Wildman–Crippen MR) is 51.3 cm³/mol. The monoisotopic (exact) mass is 175 g/mol. The summed E-state index contributed by atoms with van der Waals surface area (Å²) in [4.78, 5) is 4.17. The second-order valence-corrected chi connectivity index (χ2v) is 3.07. The number of rotatable bonds is 1. The van der Waals surface area contributed by atoms with Crippen molar-refractivity contribution >= 4 is 10.9 Å². The van der Waals surface area contributed by atoms with Gasteiger partial charge >= 0.3 is 0 Å². The van der Waals surface area contributed by atoms with Crippen LogP contribution in [0, 0.1) is 6.92 Å². The van der Waals surface area contributed by atoms with Crippen molar-refractivity contribution in [3.63, 3.8) is 0 Å². The molecular formula is C11H10FN. The van der Waals surface area contributed by atoms with E-state index in [2.05, 4.69) is 4.98 Å². The summed E-state index contributed by atoms with van der Waals surface area (Å²) in [5.41, 5.74) is 2.59. The highest BCUT2D eigenvalue weighted by molar-refractivity contribution is 5.84. The third-order valence-corrected chi connectivity index (χ3v) is 2.22. The maximum atomic E-state index is 12.5. The molecule has 0 saturated heterocycles. The van der Waals surface area contributed by atoms with Crippen molar-refractivity contribution in [3.8, 4) is 0 Å². The van der Waals surface area contributed by atoms with Crippen molar-refractivity contribution < 1.29 is 4.39 Å². The van der Waals surface area contributed by atoms with Gasteiger partial charge in [0.15, 0.2) is 0 Å². The standard InChI is InChI=1S/C11H10FN/c1-8-5-6-13-11-9(7-12)3-2-4-10(8)11/h2-6H,7H2,1H3. The first-order valence-electron chi connectivity index (χ1n) is 4.22. The first-order valence-corrected chi connectivity index (χ1v) is 4.22. The van der Waals surface area contributed by atoms with Gasteiger partial charge in [-0.2, -0.15) is 0 Å². The second kappa shape index (κ2) is 3.13. The van der Waals surface area contributed by atoms with E-state index in [4.69, 9.17) is 0 Å². The maximum absolute atomic E-state index is 12.5. The van der Waals surface area contributed by atoms with E-state index < -0.39 is 6.67 Å². The average molecular weight is 175 g/mol. The molecule has 1 heterocycles. The summed E-state index contributed by atoms with van der Waals surface area (Å²) in [7, 11) is 0. The molecule has 0 N–H and O–H groups in total. The molecule has 1 aromatic heterocycles. The minimum atomic E-state index is -0.451. The number of nitrogens with zero attached hydrogens (tertiary/aromatic N) is 1. The smallest absolute Gasteiger partial charge is 0.117 e. The van der Waals surface area contributed by atoms with Crippen LogP contribution in [0.5, 0.6) is 0 Å². The lowest BCUT2D eigenvalue weighted by molar-refractivity contribution is 0.487. The number of hydrogen-bond acceptors (Lipinski definition) is 1. The minimum Gasteiger partial charge on any atom is -0.256 e. The van der Waals surface area contributed by atoms with Gasteiger partial charge in [-0.3, -0.25) is 4.98 Å². The molecule has 2 heteroatoms. The number of alkyl halides is 1. The Morgan fingerprint density at radius 1 is 1.31 bits per heavy atom. The Bertz CT molecular complexity index is 437. The lowest BCUT2D eigenvalue weighted by Gasteiger charge is -2.03. The van der Waals surface area contributed by atoms with Crippen LogP contribution in [-0.4, -0.2) is 4.98 Å². The summed E-state index contributed by atoms with van der Waals surface area (Å²) in [6, 6.07) is 7.54. The van der Waals surface area contributed by atoms with Gasteiger partial charge in [-0.25, -0.2) is 4.39 Å². The number of fused-ring (bicyclic) bond motifs is 1. The highest BCUT2D eigenvalue weighted by Crippen LogP contribution is 2.19. The lowest BCUT2D eigenvalue weighted by atomic mass is 10.1. The summed E-state index contributed by atoms with van der Waals surface area (Å²) in [6.07, 6.45) is 1.72. The third kappa shape index (κ3) is 1.28. The van der Waals surface area contributed by atoms with Gasteiger partial charge in [0.05, 0.1) is 5.52 Å². The van der Waals surface area contributed by atoms with Crippen LogP contribution in [0.1, 0.15) is 11.1 Å². The van der Waals surface area contributed by atoms with Gasteiger partial charge in [0.1, 0.15) is 6.67 Å². The predicted octanol–water partition coefficient (Wildman–Crippen LogP) is 3.01. The van der Waals surface area contributed by atoms with Crippen molar-refractivity contribution in [2.45, 2.75) is 13.6 Å². The summed E-state index contributed by atoms with van der Waals surface area (Å²) < 4.78 is 12.5. The van der Waals surface area contributed by atoms with Crippen LogP contribution in [0.3, 0.4) is 0 Å². The van der Waals surface area contributed by atoms with Crippen LogP contribution in [0.2, 0.25) is 0 Å². The molecule has 0 aliphatic rings. The Morgan fingerprint density at radius 2 is 2.15 bits per heavy atom. The van der Waals surface area contributed by atoms with Gasteiger partial charge in [0.25, 0.3) is 0 Å². The fourth-order valence-corrected chi connectivity index (χ4v) is 1.48. The molecule has 66 valence electrons. The molecule has 0 spiro atoms. The van der Waals surface area contributed by atoms with Gasteiger partial charge in [0, 0.05) is 17.1 Å². The van der Waals surface area contributed by atoms with Crippen molar-refractivity contribution in [2.24, 2.45) is 0 Å². The molecule has 1 nitrogen and oxygen atoms in total. The van der Waals surface area contributed by atoms with Crippen LogP contribution in [-0.2, 0) is 6.67 Å². The number of aromatic nitrogens is 1. The van der Waals surface area contributed by atoms with E-state index in [0.717, 1.165) is 16.5 Å². The minimum absolute atomic E-state index is 0.451. The van der Waals surface area contributed by atoms with Gasteiger partial charge in [-0.1, -0.05) is 18.2 Å². The number of pyridine rings is 1. The molecule has 0 radical (unpaired) electrons. The van der Waals surface area contributed by atoms with E-state index in [0.29, 0.717) is 5.56 Å². The van der Waals surface area contributed by atoms with Crippen molar-refractivity contribution in [3.05, 3.63) is 41.6 Å². The molecule has 0 bridgehead atoms. The zero-order chi connectivity index (χ0) is 9.26. The molecule has 0 unspecified atom stereocenters. The second-order valence-electron chi connectivity index (χ2n) is 3.07. The first-order chi connectivity index (χ1) is 6.33. The molecule has 2 rings (SSSR count). The summed E-state index contributed by atoms with van der Waals surface area (Å²) in [5, 5.41) is 1.04. The molecule has 0 aliphatic heterocycles. The third-order valence-electron chi connectivity index (χ3n) is 2.22. The van der Waals surface area contributed by atoms with Crippen LogP contribution >= 0.6 is 0 Å². The van der Waals surface area contributed by atoms with Gasteiger partial charge in [0.2, 0.25) is 0 Å². The summed E-state index contributed by atoms with van der Waals surface area (Å²) in [6.45, 7) is 1.56. The topological polar surface area (TPSA) is 12.9 Å². The van der Waals surface area contributed by atoms with Crippen LogP contribution in [0.15, 0.2) is 30.5 Å². The zero-order valence-electron chi connectivity index (χ0n) is 7.42. The molecule has 0 aliphatic carbocycles. The van der Waals surface area contributed by atoms with Crippen molar-refractivity contribution in [2.75, 3.05) is 0 Å². The van der Waals surface area contributed by atoms with Gasteiger partial charge < -0.3 is 0 Å². The largest absolute Gasteiger partial charge is 0.256 e. The fourth-order valence-electron chi connectivity index (χ4n) is 1.48. The van der Waals surface area contributed by atoms with Crippen molar-refractivity contribution in [1.29, 1.82) is 0 Å². The maximum Gasteiger partial charge on any atom is 0.117 e. The van der Waals surface area contributed by atoms with Crippen LogP contribution in [0.25, 0.3) is 10.9 Å². The van der Waals surface area contributed by atoms with Gasteiger partial charge in [-0.15, -0.1) is 0 Å².